The average molecular weight is 354 g/mol. The Kier molecular flexibility index (Phi) is 8.19. The molecule has 4 heteroatoms. The molecule has 0 heterocycles. The first-order chi connectivity index (χ1) is 11.1. The Morgan fingerprint density at radius 2 is 1.62 bits per heavy atom. The second-order valence-electron chi connectivity index (χ2n) is 8.43. The lowest BCUT2D eigenvalue weighted by Crippen LogP contribution is -2.17. The number of hydrogen-bond acceptors (Lipinski definition) is 3. The maximum atomic E-state index is 10.1. The van der Waals surface area contributed by atoms with Crippen molar-refractivity contribution < 1.29 is 13.9 Å². The molecule has 0 aliphatic rings. The fraction of sp³-hybridized carbons (Fsp3) is 0.700. The van der Waals surface area contributed by atoms with Crippen LogP contribution in [0.3, 0.4) is 0 Å². The molecule has 0 amide bonds. The van der Waals surface area contributed by atoms with Crippen LogP contribution in [0.25, 0.3) is 0 Å². The molecule has 0 spiro atoms. The average Bonchev–Trinajstić information content (AvgIpc) is 2.45. The van der Waals surface area contributed by atoms with Gasteiger partial charge in [0.1, 0.15) is 5.75 Å². The first-order valence-corrected chi connectivity index (χ1v) is 10.1. The van der Waals surface area contributed by atoms with E-state index in [0.717, 1.165) is 24.2 Å². The van der Waals surface area contributed by atoms with Gasteiger partial charge in [-0.2, -0.15) is 0 Å². The highest BCUT2D eigenvalue weighted by Crippen LogP contribution is 2.42. The largest absolute Gasteiger partial charge is 0.427 e. The third-order valence-electron chi connectivity index (χ3n) is 4.03. The Bertz CT molecular complexity index is 501. The molecule has 138 valence electrons. The molecular formula is C20H35O3P. The molecule has 1 atom stereocenters. The van der Waals surface area contributed by atoms with E-state index >= 15 is 0 Å². The van der Waals surface area contributed by atoms with E-state index in [0.29, 0.717) is 6.61 Å². The monoisotopic (exact) mass is 354 g/mol. The molecule has 0 aliphatic carbocycles. The maximum Gasteiger partial charge on any atom is 0.394 e. The minimum atomic E-state index is -1.88. The third kappa shape index (κ3) is 7.09. The summed E-state index contributed by atoms with van der Waals surface area (Å²) in [7, 11) is -1.88. The van der Waals surface area contributed by atoms with Crippen molar-refractivity contribution in [3.8, 4) is 5.75 Å². The number of unbranched alkanes of at least 4 members (excludes halogenated alkanes) is 3. The summed E-state index contributed by atoms with van der Waals surface area (Å²) < 4.78 is 11.2. The van der Waals surface area contributed by atoms with E-state index in [1.807, 2.05) is 6.07 Å². The van der Waals surface area contributed by atoms with Gasteiger partial charge in [-0.25, -0.2) is 0 Å². The van der Waals surface area contributed by atoms with Gasteiger partial charge in [-0.15, -0.1) is 0 Å². The topological polar surface area (TPSA) is 38.7 Å². The lowest BCUT2D eigenvalue weighted by molar-refractivity contribution is 0.252. The predicted molar refractivity (Wildman–Crippen MR) is 104 cm³/mol. The van der Waals surface area contributed by atoms with Crippen molar-refractivity contribution in [2.45, 2.75) is 85.0 Å². The first kappa shape index (κ1) is 21.4. The van der Waals surface area contributed by atoms with E-state index in [-0.39, 0.29) is 10.8 Å². The van der Waals surface area contributed by atoms with Gasteiger partial charge in [0.25, 0.3) is 0 Å². The third-order valence-corrected chi connectivity index (χ3v) is 4.79. The molecule has 0 saturated carbocycles. The van der Waals surface area contributed by atoms with E-state index in [9.17, 15) is 4.89 Å². The van der Waals surface area contributed by atoms with Crippen LogP contribution in [-0.4, -0.2) is 11.5 Å². The van der Waals surface area contributed by atoms with Gasteiger partial charge in [0, 0.05) is 5.56 Å². The van der Waals surface area contributed by atoms with Crippen molar-refractivity contribution in [3.63, 3.8) is 0 Å². The van der Waals surface area contributed by atoms with Crippen molar-refractivity contribution in [1.82, 2.24) is 0 Å². The van der Waals surface area contributed by atoms with Crippen LogP contribution in [0, 0.1) is 0 Å². The summed E-state index contributed by atoms with van der Waals surface area (Å²) in [5.41, 5.74) is 2.39. The molecule has 0 radical (unpaired) electrons. The number of hydrogen-bond donors (Lipinski definition) is 1. The van der Waals surface area contributed by atoms with Crippen molar-refractivity contribution in [3.05, 3.63) is 29.3 Å². The molecule has 1 aromatic carbocycles. The van der Waals surface area contributed by atoms with E-state index in [1.165, 1.54) is 18.4 Å². The van der Waals surface area contributed by atoms with Gasteiger partial charge in [-0.05, 0) is 28.9 Å². The Morgan fingerprint density at radius 1 is 0.958 bits per heavy atom. The highest BCUT2D eigenvalue weighted by Gasteiger charge is 2.24. The van der Waals surface area contributed by atoms with Crippen molar-refractivity contribution in [1.29, 1.82) is 0 Å². The molecule has 0 fully saturated rings. The van der Waals surface area contributed by atoms with E-state index in [2.05, 4.69) is 60.6 Å². The molecule has 0 saturated heterocycles. The van der Waals surface area contributed by atoms with Crippen LogP contribution >= 0.6 is 8.60 Å². The lowest BCUT2D eigenvalue weighted by atomic mass is 9.80. The molecule has 0 aromatic heterocycles. The van der Waals surface area contributed by atoms with Crippen LogP contribution in [0.2, 0.25) is 0 Å². The van der Waals surface area contributed by atoms with Crippen molar-refractivity contribution in [2.24, 2.45) is 0 Å². The molecule has 24 heavy (non-hydrogen) atoms. The van der Waals surface area contributed by atoms with Crippen LogP contribution < -0.4 is 4.52 Å². The summed E-state index contributed by atoms with van der Waals surface area (Å²) in [5, 5.41) is 0. The summed E-state index contributed by atoms with van der Waals surface area (Å²) in [5.74, 6) is 0.720. The fourth-order valence-corrected chi connectivity index (χ4v) is 3.11. The Hall–Kier alpha value is -0.630. The minimum Gasteiger partial charge on any atom is -0.427 e. The Balaban J connectivity index is 2.80. The number of rotatable bonds is 8. The number of benzene rings is 1. The molecule has 0 aliphatic heterocycles. The first-order valence-electron chi connectivity index (χ1n) is 9.00. The molecule has 1 aromatic rings. The fourth-order valence-electron chi connectivity index (χ4n) is 2.44. The van der Waals surface area contributed by atoms with Gasteiger partial charge in [-0.3, -0.25) is 0 Å². The van der Waals surface area contributed by atoms with Crippen LogP contribution in [0.15, 0.2) is 18.2 Å². The lowest BCUT2D eigenvalue weighted by Gasteiger charge is -2.27. The van der Waals surface area contributed by atoms with Gasteiger partial charge in [0.15, 0.2) is 0 Å². The summed E-state index contributed by atoms with van der Waals surface area (Å²) in [6.07, 6.45) is 4.49. The standard InChI is InChI=1S/C20H35O3P/c1-8-9-10-11-14-22-24(21)23-18-13-12-16(19(2,3)4)15-17(18)20(5,6)7/h12-13,15,21H,8-11,14H2,1-7H3. The molecule has 0 bridgehead atoms. The summed E-state index contributed by atoms with van der Waals surface area (Å²) >= 11 is 0. The zero-order chi connectivity index (χ0) is 18.4. The highest BCUT2D eigenvalue weighted by atomic mass is 31.2. The normalized spacial score (nSPS) is 13.8. The maximum absolute atomic E-state index is 10.1. The van der Waals surface area contributed by atoms with Gasteiger partial charge in [0.2, 0.25) is 0 Å². The second-order valence-corrected chi connectivity index (χ2v) is 9.35. The SMILES string of the molecule is CCCCCCOP(O)Oc1ccc(C(C)(C)C)cc1C(C)(C)C. The Labute approximate surface area is 149 Å². The zero-order valence-corrected chi connectivity index (χ0v) is 17.4. The summed E-state index contributed by atoms with van der Waals surface area (Å²) in [6.45, 7) is 15.8. The molecule has 1 N–H and O–H groups in total. The smallest absolute Gasteiger partial charge is 0.394 e. The van der Waals surface area contributed by atoms with Crippen LogP contribution in [0.1, 0.15) is 85.3 Å². The van der Waals surface area contributed by atoms with Crippen molar-refractivity contribution in [2.75, 3.05) is 6.61 Å². The summed E-state index contributed by atoms with van der Waals surface area (Å²) in [4.78, 5) is 10.1. The van der Waals surface area contributed by atoms with Gasteiger partial charge in [0.05, 0.1) is 6.61 Å². The molecule has 3 nitrogen and oxygen atoms in total. The van der Waals surface area contributed by atoms with Crippen LogP contribution in [0.5, 0.6) is 5.75 Å². The van der Waals surface area contributed by atoms with Crippen LogP contribution in [0.4, 0.5) is 0 Å². The van der Waals surface area contributed by atoms with Crippen molar-refractivity contribution >= 4 is 8.60 Å². The molecule has 1 unspecified atom stereocenters. The summed E-state index contributed by atoms with van der Waals surface area (Å²) in [6, 6.07) is 6.24. The van der Waals surface area contributed by atoms with E-state index < -0.39 is 8.60 Å². The van der Waals surface area contributed by atoms with Gasteiger partial charge < -0.3 is 13.9 Å². The van der Waals surface area contributed by atoms with Gasteiger partial charge >= 0.3 is 8.60 Å². The minimum absolute atomic E-state index is 0.0616. The zero-order valence-electron chi connectivity index (χ0n) is 16.5. The Morgan fingerprint density at radius 3 is 2.17 bits per heavy atom. The highest BCUT2D eigenvalue weighted by molar-refractivity contribution is 7.41. The van der Waals surface area contributed by atoms with Gasteiger partial charge in [-0.1, -0.05) is 79.9 Å². The quantitative estimate of drug-likeness (QED) is 0.429. The molecular weight excluding hydrogens is 319 g/mol. The van der Waals surface area contributed by atoms with E-state index in [4.69, 9.17) is 9.05 Å². The second kappa shape index (κ2) is 9.17. The van der Waals surface area contributed by atoms with E-state index in [1.54, 1.807) is 0 Å². The molecule has 1 rings (SSSR count). The predicted octanol–water partition coefficient (Wildman–Crippen LogP) is 6.48. The van der Waals surface area contributed by atoms with Crippen LogP contribution in [-0.2, 0) is 15.4 Å².